The van der Waals surface area contributed by atoms with Gasteiger partial charge in [0.25, 0.3) is 16.0 Å². The predicted molar refractivity (Wildman–Crippen MR) is 125 cm³/mol. The first-order valence-corrected chi connectivity index (χ1v) is 12.0. The lowest BCUT2D eigenvalue weighted by Crippen LogP contribution is -2.31. The molecule has 0 spiro atoms. The number of fused-ring (bicyclic) bond motifs is 1. The minimum Gasteiger partial charge on any atom is -0.340 e. The van der Waals surface area contributed by atoms with E-state index in [2.05, 4.69) is 0 Å². The lowest BCUT2D eigenvalue weighted by molar-refractivity contribution is -0.113. The van der Waals surface area contributed by atoms with Crippen LogP contribution in [-0.2, 0) is 14.9 Å². The largest absolute Gasteiger partial charge is 0.340 e. The monoisotopic (exact) mass is 458 g/mol. The van der Waals surface area contributed by atoms with Gasteiger partial charge >= 0.3 is 0 Å². The summed E-state index contributed by atoms with van der Waals surface area (Å²) in [5, 5.41) is 0. The molecule has 1 saturated heterocycles. The number of nitrogens with zero attached hydrogens (tertiary/aromatic N) is 2. The van der Waals surface area contributed by atoms with Gasteiger partial charge in [-0.2, -0.15) is 8.42 Å². The van der Waals surface area contributed by atoms with Crippen LogP contribution in [0.2, 0.25) is 0 Å². The average Bonchev–Trinajstić information content (AvgIpc) is 3.01. The number of amides is 1. The number of rotatable bonds is 5. The fourth-order valence-electron chi connectivity index (χ4n) is 3.43. The zero-order valence-corrected chi connectivity index (χ0v) is 18.2. The molecule has 2 aromatic rings. The summed E-state index contributed by atoms with van der Waals surface area (Å²) in [6.07, 6.45) is 4.00. The third-order valence-corrected chi connectivity index (χ3v) is 6.92. The maximum atomic E-state index is 13.3. The molecule has 1 amide bonds. The highest BCUT2D eigenvalue weighted by atomic mass is 32.2. The van der Waals surface area contributed by atoms with Gasteiger partial charge in [0.2, 0.25) is 0 Å². The number of benzene rings is 2. The van der Waals surface area contributed by atoms with E-state index in [1.807, 2.05) is 71.6 Å². The van der Waals surface area contributed by atoms with Crippen LogP contribution in [0.15, 0.2) is 71.3 Å². The molecule has 0 saturated carbocycles. The molecule has 0 atom stereocenters. The molecule has 4 rings (SSSR count). The van der Waals surface area contributed by atoms with E-state index in [-0.39, 0.29) is 18.1 Å². The third-order valence-electron chi connectivity index (χ3n) is 4.74. The van der Waals surface area contributed by atoms with Gasteiger partial charge in [0, 0.05) is 12.2 Å². The number of carbonyl (C=O) groups is 1. The molecule has 30 heavy (non-hydrogen) atoms. The predicted octanol–water partition coefficient (Wildman–Crippen LogP) is 4.07. The van der Waals surface area contributed by atoms with Crippen LogP contribution in [0.5, 0.6) is 0 Å². The number of thioether (sulfide) groups is 1. The minimum atomic E-state index is -4.07. The number of para-hydroxylation sites is 2. The van der Waals surface area contributed by atoms with E-state index in [0.29, 0.717) is 27.2 Å². The molecule has 0 aliphatic carbocycles. The van der Waals surface area contributed by atoms with E-state index in [9.17, 15) is 13.2 Å². The van der Waals surface area contributed by atoms with Crippen LogP contribution in [0.4, 0.5) is 11.4 Å². The maximum Gasteiger partial charge on any atom is 0.272 e. The first-order chi connectivity index (χ1) is 14.3. The van der Waals surface area contributed by atoms with Crippen LogP contribution in [0, 0.1) is 0 Å². The first kappa shape index (κ1) is 20.8. The van der Waals surface area contributed by atoms with Crippen molar-refractivity contribution in [2.24, 2.45) is 0 Å². The molecule has 9 heteroatoms. The van der Waals surface area contributed by atoms with Crippen LogP contribution in [0.25, 0.3) is 6.08 Å². The second-order valence-electron chi connectivity index (χ2n) is 6.74. The van der Waals surface area contributed by atoms with Crippen molar-refractivity contribution < 1.29 is 17.8 Å². The maximum absolute atomic E-state index is 13.3. The summed E-state index contributed by atoms with van der Waals surface area (Å²) in [7, 11) is -4.07. The molecule has 154 valence electrons. The number of anilines is 2. The number of thiocarbonyl (C=S) groups is 1. The van der Waals surface area contributed by atoms with Gasteiger partial charge in [-0.1, -0.05) is 66.5 Å². The fourth-order valence-corrected chi connectivity index (χ4v) is 5.28. The number of carbonyl (C=O) groups excluding carboxylic acids is 1. The summed E-state index contributed by atoms with van der Waals surface area (Å²) < 4.78 is 31.9. The first-order valence-electron chi connectivity index (χ1n) is 9.20. The van der Waals surface area contributed by atoms with Crippen LogP contribution in [0.1, 0.15) is 12.0 Å². The molecule has 1 fully saturated rings. The molecular formula is C21H18N2O4S3. The molecule has 2 aliphatic rings. The Kier molecular flexibility index (Phi) is 5.79. The van der Waals surface area contributed by atoms with E-state index in [4.69, 9.17) is 16.8 Å². The van der Waals surface area contributed by atoms with Crippen molar-refractivity contribution in [1.82, 2.24) is 0 Å². The van der Waals surface area contributed by atoms with E-state index < -0.39 is 10.1 Å². The third kappa shape index (κ3) is 4.20. The summed E-state index contributed by atoms with van der Waals surface area (Å²) in [6.45, 7) is 0.325. The summed E-state index contributed by atoms with van der Waals surface area (Å²) in [5.41, 5.74) is 3.20. The molecule has 2 heterocycles. The zero-order valence-electron chi connectivity index (χ0n) is 15.8. The highest BCUT2D eigenvalue weighted by molar-refractivity contribution is 8.27. The van der Waals surface area contributed by atoms with Crippen molar-refractivity contribution in [2.45, 2.75) is 6.42 Å². The Morgan fingerprint density at radius 2 is 1.70 bits per heavy atom. The summed E-state index contributed by atoms with van der Waals surface area (Å²) in [4.78, 5) is 17.2. The summed E-state index contributed by atoms with van der Waals surface area (Å²) in [5.74, 6) is -0.566. The van der Waals surface area contributed by atoms with Gasteiger partial charge < -0.3 is 4.90 Å². The molecule has 2 aliphatic heterocycles. The average molecular weight is 459 g/mol. The Labute approximate surface area is 184 Å². The number of hydrogen-bond donors (Lipinski definition) is 1. The van der Waals surface area contributed by atoms with E-state index >= 15 is 0 Å². The molecular weight excluding hydrogens is 440 g/mol. The molecule has 0 bridgehead atoms. The standard InChI is InChI=1S/C21H18N2O4S3/c24-20-19(29-21(28)23(20)16-8-2-1-3-9-16)18-12-11-15-7-4-5-10-17(15)22(18)13-6-14-30(25,26)27/h1-5,7-12H,6,13-14H2,(H,25,26,27). The Morgan fingerprint density at radius 3 is 2.43 bits per heavy atom. The van der Waals surface area contributed by atoms with E-state index in [1.165, 1.54) is 16.7 Å². The lowest BCUT2D eigenvalue weighted by Gasteiger charge is -2.31. The Hall–Kier alpha value is -2.46. The van der Waals surface area contributed by atoms with Gasteiger partial charge in [0.1, 0.15) is 4.91 Å². The lowest BCUT2D eigenvalue weighted by atomic mass is 10.0. The van der Waals surface area contributed by atoms with Crippen molar-refractivity contribution in [3.63, 3.8) is 0 Å². The normalized spacial score (nSPS) is 18.8. The van der Waals surface area contributed by atoms with Crippen LogP contribution < -0.4 is 9.80 Å². The van der Waals surface area contributed by atoms with Crippen LogP contribution >= 0.6 is 24.0 Å². The summed E-state index contributed by atoms with van der Waals surface area (Å²) in [6, 6.07) is 16.9. The van der Waals surface area contributed by atoms with E-state index in [0.717, 1.165) is 11.3 Å². The Bertz CT molecular complexity index is 1170. The zero-order chi connectivity index (χ0) is 21.3. The van der Waals surface area contributed by atoms with Crippen molar-refractivity contribution in [3.05, 3.63) is 76.8 Å². The Morgan fingerprint density at radius 1 is 1.00 bits per heavy atom. The highest BCUT2D eigenvalue weighted by Crippen LogP contribution is 2.41. The summed E-state index contributed by atoms with van der Waals surface area (Å²) >= 11 is 6.71. The van der Waals surface area contributed by atoms with Gasteiger partial charge in [0.05, 0.1) is 17.1 Å². The van der Waals surface area contributed by atoms with Gasteiger partial charge in [-0.25, -0.2) is 0 Å². The topological polar surface area (TPSA) is 77.9 Å². The van der Waals surface area contributed by atoms with Gasteiger partial charge in [-0.15, -0.1) is 0 Å². The SMILES string of the molecule is O=C1C(=C2C=Cc3ccccc3N2CCCS(=O)(=O)O)SC(=S)N1c1ccccc1. The molecule has 0 unspecified atom stereocenters. The van der Waals surface area contributed by atoms with E-state index in [1.54, 1.807) is 0 Å². The van der Waals surface area contributed by atoms with Crippen LogP contribution in [-0.4, -0.2) is 35.5 Å². The van der Waals surface area contributed by atoms with Crippen molar-refractivity contribution in [1.29, 1.82) is 0 Å². The smallest absolute Gasteiger partial charge is 0.272 e. The molecule has 0 aromatic heterocycles. The second-order valence-corrected chi connectivity index (χ2v) is 9.96. The molecule has 0 radical (unpaired) electrons. The highest BCUT2D eigenvalue weighted by Gasteiger charge is 2.37. The van der Waals surface area contributed by atoms with Crippen molar-refractivity contribution in [3.8, 4) is 0 Å². The minimum absolute atomic E-state index is 0.212. The Balaban J connectivity index is 1.73. The quantitative estimate of drug-likeness (QED) is 0.411. The van der Waals surface area contributed by atoms with Gasteiger partial charge in [-0.05, 0) is 36.3 Å². The second kappa shape index (κ2) is 8.35. The molecule has 1 N–H and O–H groups in total. The molecule has 6 nitrogen and oxygen atoms in total. The van der Waals surface area contributed by atoms with Gasteiger partial charge in [0.15, 0.2) is 4.32 Å². The van der Waals surface area contributed by atoms with Crippen LogP contribution in [0.3, 0.4) is 0 Å². The fraction of sp³-hybridized carbons (Fsp3) is 0.143. The van der Waals surface area contributed by atoms with Crippen molar-refractivity contribution in [2.75, 3.05) is 22.1 Å². The van der Waals surface area contributed by atoms with Crippen molar-refractivity contribution >= 4 is 61.8 Å². The molecule has 2 aromatic carbocycles. The number of allylic oxidation sites excluding steroid dienone is 1. The number of hydrogen-bond acceptors (Lipinski definition) is 6. The van der Waals surface area contributed by atoms with Gasteiger partial charge in [-0.3, -0.25) is 14.2 Å².